The van der Waals surface area contributed by atoms with Crippen LogP contribution in [0.4, 0.5) is 0 Å². The van der Waals surface area contributed by atoms with E-state index in [0.717, 1.165) is 24.2 Å². The van der Waals surface area contributed by atoms with Gasteiger partial charge in [-0.05, 0) is 43.5 Å². The summed E-state index contributed by atoms with van der Waals surface area (Å²) in [5.41, 5.74) is 4.63. The first-order chi connectivity index (χ1) is 10.7. The van der Waals surface area contributed by atoms with Gasteiger partial charge in [0.15, 0.2) is 0 Å². The van der Waals surface area contributed by atoms with Crippen LogP contribution in [0.15, 0.2) is 36.5 Å². The van der Waals surface area contributed by atoms with Crippen LogP contribution in [0.25, 0.3) is 10.9 Å². The van der Waals surface area contributed by atoms with E-state index >= 15 is 0 Å². The fourth-order valence-electron chi connectivity index (χ4n) is 3.44. The fourth-order valence-corrected chi connectivity index (χ4v) is 3.44. The summed E-state index contributed by atoms with van der Waals surface area (Å²) < 4.78 is 2.34. The van der Waals surface area contributed by atoms with Crippen LogP contribution in [0.2, 0.25) is 0 Å². The van der Waals surface area contributed by atoms with Gasteiger partial charge in [-0.15, -0.1) is 0 Å². The van der Waals surface area contributed by atoms with Crippen molar-refractivity contribution in [1.82, 2.24) is 14.5 Å². The summed E-state index contributed by atoms with van der Waals surface area (Å²) in [7, 11) is 0. The minimum absolute atomic E-state index is 0.589. The lowest BCUT2D eigenvalue weighted by molar-refractivity contribution is 0.463. The SMILES string of the molecule is Cc1ccc2cc(Cc3cn4c(n3)[C@H](C)CCC4)ccc2n1. The summed E-state index contributed by atoms with van der Waals surface area (Å²) in [5.74, 6) is 1.85. The van der Waals surface area contributed by atoms with Gasteiger partial charge in [-0.2, -0.15) is 0 Å². The number of benzene rings is 1. The van der Waals surface area contributed by atoms with Crippen molar-refractivity contribution in [3.05, 3.63) is 59.3 Å². The molecule has 1 atom stereocenters. The van der Waals surface area contributed by atoms with E-state index in [2.05, 4.69) is 53.0 Å². The summed E-state index contributed by atoms with van der Waals surface area (Å²) in [5, 5.41) is 1.21. The Hall–Kier alpha value is -2.16. The first-order valence-electron chi connectivity index (χ1n) is 8.11. The number of imidazole rings is 1. The van der Waals surface area contributed by atoms with E-state index in [1.165, 1.54) is 35.3 Å². The van der Waals surface area contributed by atoms with Crippen molar-refractivity contribution < 1.29 is 0 Å². The molecule has 0 radical (unpaired) electrons. The van der Waals surface area contributed by atoms with E-state index in [1.54, 1.807) is 0 Å². The number of fused-ring (bicyclic) bond motifs is 2. The van der Waals surface area contributed by atoms with Crippen molar-refractivity contribution in [2.45, 2.75) is 45.6 Å². The average Bonchev–Trinajstić information content (AvgIpc) is 2.91. The van der Waals surface area contributed by atoms with E-state index in [1.807, 2.05) is 6.92 Å². The van der Waals surface area contributed by atoms with Crippen molar-refractivity contribution in [2.24, 2.45) is 0 Å². The second-order valence-corrected chi connectivity index (χ2v) is 6.48. The Kier molecular flexibility index (Phi) is 3.21. The molecule has 3 aromatic rings. The number of pyridine rings is 1. The zero-order valence-electron chi connectivity index (χ0n) is 13.2. The Labute approximate surface area is 131 Å². The highest BCUT2D eigenvalue weighted by molar-refractivity contribution is 5.79. The molecule has 0 fully saturated rings. The first kappa shape index (κ1) is 13.5. The maximum Gasteiger partial charge on any atom is 0.111 e. The number of hydrogen-bond acceptors (Lipinski definition) is 2. The molecule has 3 heteroatoms. The van der Waals surface area contributed by atoms with Gasteiger partial charge in [0.25, 0.3) is 0 Å². The lowest BCUT2D eigenvalue weighted by Crippen LogP contribution is -2.12. The van der Waals surface area contributed by atoms with E-state index in [0.29, 0.717) is 5.92 Å². The number of aromatic nitrogens is 3. The molecule has 1 aromatic carbocycles. The fraction of sp³-hybridized carbons (Fsp3) is 0.368. The van der Waals surface area contributed by atoms with Crippen LogP contribution in [0.3, 0.4) is 0 Å². The van der Waals surface area contributed by atoms with Crippen LogP contribution in [0, 0.1) is 6.92 Å². The van der Waals surface area contributed by atoms with Gasteiger partial charge >= 0.3 is 0 Å². The summed E-state index contributed by atoms with van der Waals surface area (Å²) in [6.07, 6.45) is 5.67. The van der Waals surface area contributed by atoms with E-state index in [4.69, 9.17) is 4.98 Å². The predicted octanol–water partition coefficient (Wildman–Crippen LogP) is 4.23. The average molecular weight is 291 g/mol. The maximum absolute atomic E-state index is 4.87. The predicted molar refractivity (Wildman–Crippen MR) is 89.2 cm³/mol. The van der Waals surface area contributed by atoms with Crippen molar-refractivity contribution in [3.8, 4) is 0 Å². The van der Waals surface area contributed by atoms with Gasteiger partial charge in [0, 0.05) is 36.2 Å². The number of hydrogen-bond donors (Lipinski definition) is 0. The molecule has 22 heavy (non-hydrogen) atoms. The molecular formula is C19H21N3. The molecule has 0 saturated heterocycles. The molecular weight excluding hydrogens is 270 g/mol. The normalized spacial score (nSPS) is 17.6. The van der Waals surface area contributed by atoms with Crippen molar-refractivity contribution in [2.75, 3.05) is 0 Å². The van der Waals surface area contributed by atoms with Gasteiger partial charge in [0.1, 0.15) is 5.82 Å². The maximum atomic E-state index is 4.87. The molecule has 2 aromatic heterocycles. The Balaban J connectivity index is 1.64. The molecule has 0 unspecified atom stereocenters. The topological polar surface area (TPSA) is 30.7 Å². The number of rotatable bonds is 2. The lowest BCUT2D eigenvalue weighted by Gasteiger charge is -2.19. The van der Waals surface area contributed by atoms with Crippen molar-refractivity contribution in [3.63, 3.8) is 0 Å². The van der Waals surface area contributed by atoms with Gasteiger partial charge in [0.2, 0.25) is 0 Å². The Bertz CT molecular complexity index is 832. The van der Waals surface area contributed by atoms with Crippen LogP contribution >= 0.6 is 0 Å². The molecule has 3 heterocycles. The zero-order chi connectivity index (χ0) is 15.1. The van der Waals surface area contributed by atoms with E-state index < -0.39 is 0 Å². The second-order valence-electron chi connectivity index (χ2n) is 6.48. The minimum atomic E-state index is 0.589. The molecule has 0 amide bonds. The summed E-state index contributed by atoms with van der Waals surface area (Å²) in [6, 6.07) is 10.8. The third-order valence-electron chi connectivity index (χ3n) is 4.61. The van der Waals surface area contributed by atoms with E-state index in [-0.39, 0.29) is 0 Å². The third kappa shape index (κ3) is 2.41. The highest BCUT2D eigenvalue weighted by atomic mass is 15.1. The lowest BCUT2D eigenvalue weighted by atomic mass is 10.0. The summed E-state index contributed by atoms with van der Waals surface area (Å²) in [4.78, 5) is 9.44. The second kappa shape index (κ2) is 5.24. The van der Waals surface area contributed by atoms with Crippen LogP contribution in [-0.4, -0.2) is 14.5 Å². The standard InChI is InChI=1S/C19H21N3/c1-13-4-3-9-22-12-17(21-19(13)22)11-15-6-8-18-16(10-15)7-5-14(2)20-18/h5-8,10,12-13H,3-4,9,11H2,1-2H3/t13-/m1/s1. The van der Waals surface area contributed by atoms with Gasteiger partial charge in [-0.1, -0.05) is 19.1 Å². The van der Waals surface area contributed by atoms with Gasteiger partial charge in [-0.25, -0.2) is 4.98 Å². The van der Waals surface area contributed by atoms with E-state index in [9.17, 15) is 0 Å². The van der Waals surface area contributed by atoms with Crippen molar-refractivity contribution >= 4 is 10.9 Å². The van der Waals surface area contributed by atoms with Crippen LogP contribution in [0.1, 0.15) is 48.5 Å². The number of aryl methyl sites for hydroxylation is 2. The zero-order valence-corrected chi connectivity index (χ0v) is 13.2. The molecule has 3 nitrogen and oxygen atoms in total. The quantitative estimate of drug-likeness (QED) is 0.707. The molecule has 112 valence electrons. The van der Waals surface area contributed by atoms with Gasteiger partial charge in [0.05, 0.1) is 11.2 Å². The molecule has 0 aliphatic carbocycles. The highest BCUT2D eigenvalue weighted by Crippen LogP contribution is 2.26. The minimum Gasteiger partial charge on any atom is -0.334 e. The monoisotopic (exact) mass is 291 g/mol. The Morgan fingerprint density at radius 3 is 2.95 bits per heavy atom. The largest absolute Gasteiger partial charge is 0.334 e. The third-order valence-corrected chi connectivity index (χ3v) is 4.61. The molecule has 4 rings (SSSR count). The molecule has 0 saturated carbocycles. The first-order valence-corrected chi connectivity index (χ1v) is 8.11. The highest BCUT2D eigenvalue weighted by Gasteiger charge is 2.19. The summed E-state index contributed by atoms with van der Waals surface area (Å²) in [6.45, 7) is 5.43. The van der Waals surface area contributed by atoms with Crippen LogP contribution in [-0.2, 0) is 13.0 Å². The molecule has 0 bridgehead atoms. The Morgan fingerprint density at radius 1 is 1.18 bits per heavy atom. The van der Waals surface area contributed by atoms with Crippen LogP contribution in [0.5, 0.6) is 0 Å². The summed E-state index contributed by atoms with van der Waals surface area (Å²) >= 11 is 0. The van der Waals surface area contributed by atoms with Gasteiger partial charge in [-0.3, -0.25) is 4.98 Å². The van der Waals surface area contributed by atoms with Crippen LogP contribution < -0.4 is 0 Å². The molecule has 0 spiro atoms. The van der Waals surface area contributed by atoms with Crippen molar-refractivity contribution in [1.29, 1.82) is 0 Å². The number of nitrogens with zero attached hydrogens (tertiary/aromatic N) is 3. The van der Waals surface area contributed by atoms with Gasteiger partial charge < -0.3 is 4.57 Å². The molecule has 1 aliphatic heterocycles. The smallest absolute Gasteiger partial charge is 0.111 e. The Morgan fingerprint density at radius 2 is 2.09 bits per heavy atom. The molecule has 1 aliphatic rings. The molecule has 0 N–H and O–H groups in total.